The summed E-state index contributed by atoms with van der Waals surface area (Å²) in [7, 11) is -3.42. The molecular weight excluding hydrogens is 264 g/mol. The Kier molecular flexibility index (Phi) is 3.36. The van der Waals surface area contributed by atoms with E-state index in [1.54, 1.807) is 21.4 Å². The summed E-state index contributed by atoms with van der Waals surface area (Å²) in [5, 5.41) is 3.62. The maximum Gasteiger partial charge on any atom is 0.262 e. The summed E-state index contributed by atoms with van der Waals surface area (Å²) in [6, 6.07) is 0.500. The van der Waals surface area contributed by atoms with E-state index in [0.717, 1.165) is 25.9 Å². The van der Waals surface area contributed by atoms with Crippen LogP contribution in [0.5, 0.6) is 0 Å². The molecular formula is C12H20N4O2S. The Bertz CT molecular complexity index is 554. The second-order valence-electron chi connectivity index (χ2n) is 5.30. The minimum Gasteiger partial charge on any atom is -0.336 e. The van der Waals surface area contributed by atoms with Crippen LogP contribution in [-0.2, 0) is 16.6 Å². The molecule has 0 aliphatic carbocycles. The third-order valence-corrected chi connectivity index (χ3v) is 5.95. The Labute approximate surface area is 113 Å². The molecule has 19 heavy (non-hydrogen) atoms. The number of rotatable bonds is 3. The standard InChI is InChI=1S/C12H20N4O2S/c1-2-15-8-12(14-9-15)19(17,18)16-6-4-11-10(7-16)3-5-13-11/h8-11,13H,2-7H2,1H3. The molecule has 0 bridgehead atoms. The lowest BCUT2D eigenvalue weighted by atomic mass is 9.95. The monoisotopic (exact) mass is 284 g/mol. The number of hydrogen-bond acceptors (Lipinski definition) is 4. The minimum absolute atomic E-state index is 0.179. The van der Waals surface area contributed by atoms with Crippen molar-refractivity contribution in [3.05, 3.63) is 12.5 Å². The number of hydrogen-bond donors (Lipinski definition) is 1. The quantitative estimate of drug-likeness (QED) is 0.865. The second-order valence-corrected chi connectivity index (χ2v) is 7.19. The normalized spacial score (nSPS) is 28.5. The SMILES string of the molecule is CCn1cnc(S(=O)(=O)N2CCC3NCCC3C2)c1. The zero-order valence-electron chi connectivity index (χ0n) is 11.1. The number of nitrogens with zero attached hydrogens (tertiary/aromatic N) is 3. The molecule has 1 N–H and O–H groups in total. The van der Waals surface area contributed by atoms with Crippen LogP contribution in [0.25, 0.3) is 0 Å². The highest BCUT2D eigenvalue weighted by Gasteiger charge is 2.38. The predicted octanol–water partition coefficient (Wildman–Crippen LogP) is 0.275. The molecule has 7 heteroatoms. The van der Waals surface area contributed by atoms with Crippen LogP contribution in [0, 0.1) is 5.92 Å². The van der Waals surface area contributed by atoms with Crippen molar-refractivity contribution in [1.29, 1.82) is 0 Å². The molecule has 0 spiro atoms. The number of nitrogens with one attached hydrogen (secondary N) is 1. The molecule has 6 nitrogen and oxygen atoms in total. The zero-order chi connectivity index (χ0) is 13.5. The van der Waals surface area contributed by atoms with Gasteiger partial charge < -0.3 is 9.88 Å². The Morgan fingerprint density at radius 1 is 1.47 bits per heavy atom. The van der Waals surface area contributed by atoms with Crippen LogP contribution in [-0.4, -0.2) is 48.0 Å². The van der Waals surface area contributed by atoms with Gasteiger partial charge in [0.25, 0.3) is 10.0 Å². The highest BCUT2D eigenvalue weighted by Crippen LogP contribution is 2.28. The Balaban J connectivity index is 1.80. The van der Waals surface area contributed by atoms with Gasteiger partial charge in [0.15, 0.2) is 5.03 Å². The number of aryl methyl sites for hydroxylation is 1. The molecule has 3 rings (SSSR count). The molecule has 1 aromatic rings. The summed E-state index contributed by atoms with van der Waals surface area (Å²) in [4.78, 5) is 4.04. The fraction of sp³-hybridized carbons (Fsp3) is 0.750. The topological polar surface area (TPSA) is 67.2 Å². The summed E-state index contributed by atoms with van der Waals surface area (Å²) in [6.45, 7) is 4.92. The molecule has 0 radical (unpaired) electrons. The summed E-state index contributed by atoms with van der Waals surface area (Å²) in [5.74, 6) is 0.455. The maximum atomic E-state index is 12.5. The third-order valence-electron chi connectivity index (χ3n) is 4.20. The van der Waals surface area contributed by atoms with Gasteiger partial charge in [0.05, 0.1) is 6.33 Å². The lowest BCUT2D eigenvalue weighted by Gasteiger charge is -2.33. The summed E-state index contributed by atoms with van der Waals surface area (Å²) in [5.41, 5.74) is 0. The van der Waals surface area contributed by atoms with E-state index in [1.807, 2.05) is 6.92 Å². The zero-order valence-corrected chi connectivity index (χ0v) is 11.9. The molecule has 2 aliphatic heterocycles. The Morgan fingerprint density at radius 3 is 3.05 bits per heavy atom. The molecule has 2 fully saturated rings. The van der Waals surface area contributed by atoms with Crippen LogP contribution in [0.4, 0.5) is 0 Å². The highest BCUT2D eigenvalue weighted by molar-refractivity contribution is 7.89. The van der Waals surface area contributed by atoms with Gasteiger partial charge in [0.1, 0.15) is 0 Å². The average Bonchev–Trinajstić information content (AvgIpc) is 3.06. The van der Waals surface area contributed by atoms with E-state index in [0.29, 0.717) is 25.0 Å². The van der Waals surface area contributed by atoms with Crippen LogP contribution < -0.4 is 5.32 Å². The lowest BCUT2D eigenvalue weighted by Crippen LogP contribution is -2.46. The Hall–Kier alpha value is -0.920. The van der Waals surface area contributed by atoms with Crippen molar-refractivity contribution in [2.75, 3.05) is 19.6 Å². The second kappa shape index (κ2) is 4.88. The van der Waals surface area contributed by atoms with E-state index in [1.165, 1.54) is 0 Å². The summed E-state index contributed by atoms with van der Waals surface area (Å²) in [6.07, 6.45) is 5.17. The first kappa shape index (κ1) is 13.1. The maximum absolute atomic E-state index is 12.5. The fourth-order valence-corrected chi connectivity index (χ4v) is 4.46. The van der Waals surface area contributed by atoms with Crippen molar-refractivity contribution < 1.29 is 8.42 Å². The van der Waals surface area contributed by atoms with Crippen molar-refractivity contribution in [3.8, 4) is 0 Å². The first-order valence-corrected chi connectivity index (χ1v) is 8.30. The van der Waals surface area contributed by atoms with Gasteiger partial charge in [-0.15, -0.1) is 0 Å². The van der Waals surface area contributed by atoms with Gasteiger partial charge in [-0.25, -0.2) is 13.4 Å². The van der Waals surface area contributed by atoms with Gasteiger partial charge in [-0.2, -0.15) is 4.31 Å². The Morgan fingerprint density at radius 2 is 2.32 bits per heavy atom. The number of piperidine rings is 1. The van der Waals surface area contributed by atoms with E-state index in [9.17, 15) is 8.42 Å². The van der Waals surface area contributed by atoms with Gasteiger partial charge in [-0.05, 0) is 32.2 Å². The molecule has 1 aromatic heterocycles. The first-order valence-electron chi connectivity index (χ1n) is 6.86. The third kappa shape index (κ3) is 2.30. The van der Waals surface area contributed by atoms with Crippen molar-refractivity contribution in [3.63, 3.8) is 0 Å². The molecule has 0 saturated carbocycles. The molecule has 2 aliphatic rings. The van der Waals surface area contributed by atoms with Crippen LogP contribution in [0.1, 0.15) is 19.8 Å². The van der Waals surface area contributed by atoms with Gasteiger partial charge in [-0.1, -0.05) is 0 Å². The van der Waals surface area contributed by atoms with Crippen LogP contribution in [0.2, 0.25) is 0 Å². The van der Waals surface area contributed by atoms with Gasteiger partial charge in [-0.3, -0.25) is 0 Å². The number of imidazole rings is 1. The summed E-state index contributed by atoms with van der Waals surface area (Å²) >= 11 is 0. The van der Waals surface area contributed by atoms with Crippen molar-refractivity contribution in [2.45, 2.75) is 37.4 Å². The average molecular weight is 284 g/mol. The molecule has 106 valence electrons. The number of sulfonamides is 1. The van der Waals surface area contributed by atoms with Crippen molar-refractivity contribution in [2.24, 2.45) is 5.92 Å². The largest absolute Gasteiger partial charge is 0.336 e. The highest BCUT2D eigenvalue weighted by atomic mass is 32.2. The molecule has 2 unspecified atom stereocenters. The van der Waals surface area contributed by atoms with Crippen LogP contribution in [0.3, 0.4) is 0 Å². The molecule has 0 aromatic carbocycles. The predicted molar refractivity (Wildman–Crippen MR) is 71.2 cm³/mol. The number of fused-ring (bicyclic) bond motifs is 1. The molecule has 3 heterocycles. The summed E-state index contributed by atoms with van der Waals surface area (Å²) < 4.78 is 28.5. The van der Waals surface area contributed by atoms with E-state index in [-0.39, 0.29) is 5.03 Å². The van der Waals surface area contributed by atoms with Crippen LogP contribution >= 0.6 is 0 Å². The van der Waals surface area contributed by atoms with Crippen molar-refractivity contribution >= 4 is 10.0 Å². The van der Waals surface area contributed by atoms with Gasteiger partial charge in [0.2, 0.25) is 0 Å². The van der Waals surface area contributed by atoms with E-state index in [2.05, 4.69) is 10.3 Å². The molecule has 2 saturated heterocycles. The molecule has 2 atom stereocenters. The first-order chi connectivity index (χ1) is 9.11. The lowest BCUT2D eigenvalue weighted by molar-refractivity contribution is 0.246. The number of aromatic nitrogens is 2. The van der Waals surface area contributed by atoms with E-state index >= 15 is 0 Å². The van der Waals surface area contributed by atoms with Gasteiger partial charge in [0, 0.05) is 31.9 Å². The molecule has 0 amide bonds. The van der Waals surface area contributed by atoms with E-state index < -0.39 is 10.0 Å². The minimum atomic E-state index is -3.42. The van der Waals surface area contributed by atoms with Crippen LogP contribution in [0.15, 0.2) is 17.6 Å². The smallest absolute Gasteiger partial charge is 0.262 e. The van der Waals surface area contributed by atoms with E-state index in [4.69, 9.17) is 0 Å². The van der Waals surface area contributed by atoms with Crippen molar-refractivity contribution in [1.82, 2.24) is 19.2 Å². The van der Waals surface area contributed by atoms with Gasteiger partial charge >= 0.3 is 0 Å². The fourth-order valence-electron chi connectivity index (χ4n) is 3.01.